The summed E-state index contributed by atoms with van der Waals surface area (Å²) in [6, 6.07) is 11.9. The molecule has 7 nitrogen and oxygen atoms in total. The van der Waals surface area contributed by atoms with Crippen molar-refractivity contribution in [3.8, 4) is 11.5 Å². The van der Waals surface area contributed by atoms with Crippen molar-refractivity contribution in [3.05, 3.63) is 60.2 Å². The van der Waals surface area contributed by atoms with Crippen molar-refractivity contribution in [2.45, 2.75) is 6.42 Å². The summed E-state index contributed by atoms with van der Waals surface area (Å²) in [6.07, 6.45) is 5.39. The monoisotopic (exact) mass is 444 g/mol. The number of methoxy groups -OCH3 is 2. The van der Waals surface area contributed by atoms with E-state index >= 15 is 0 Å². The third-order valence-corrected chi connectivity index (χ3v) is 7.71. The number of hydrogen-bond acceptors (Lipinski definition) is 5. The number of rotatable bonds is 5. The van der Waals surface area contributed by atoms with E-state index in [-0.39, 0.29) is 41.0 Å². The predicted molar refractivity (Wildman–Crippen MR) is 121 cm³/mol. The van der Waals surface area contributed by atoms with Gasteiger partial charge in [0.1, 0.15) is 11.5 Å². The van der Waals surface area contributed by atoms with Crippen LogP contribution in [0.2, 0.25) is 0 Å². The highest BCUT2D eigenvalue weighted by molar-refractivity contribution is 6.25. The molecule has 7 rings (SSSR count). The molecule has 3 fully saturated rings. The van der Waals surface area contributed by atoms with Crippen molar-refractivity contribution in [3.63, 3.8) is 0 Å². The molecule has 0 radical (unpaired) electrons. The van der Waals surface area contributed by atoms with E-state index < -0.39 is 5.91 Å². The van der Waals surface area contributed by atoms with Crippen molar-refractivity contribution >= 4 is 29.1 Å². The van der Waals surface area contributed by atoms with Crippen LogP contribution in [0.5, 0.6) is 11.5 Å². The van der Waals surface area contributed by atoms with Crippen molar-refractivity contribution in [2.24, 2.45) is 35.5 Å². The zero-order chi connectivity index (χ0) is 22.9. The van der Waals surface area contributed by atoms with Gasteiger partial charge in [-0.15, -0.1) is 0 Å². The molecule has 2 bridgehead atoms. The Labute approximate surface area is 191 Å². The number of carbonyl (C=O) groups is 3. The molecule has 0 aromatic heterocycles. The highest BCUT2D eigenvalue weighted by Gasteiger charge is 2.67. The maximum Gasteiger partial charge on any atom is 0.257 e. The smallest absolute Gasteiger partial charge is 0.257 e. The highest BCUT2D eigenvalue weighted by atomic mass is 16.5. The number of ether oxygens (including phenoxy) is 2. The third kappa shape index (κ3) is 2.84. The average Bonchev–Trinajstić information content (AvgIpc) is 3.62. The van der Waals surface area contributed by atoms with E-state index in [0.717, 1.165) is 6.42 Å². The van der Waals surface area contributed by atoms with Gasteiger partial charge in [0.15, 0.2) is 0 Å². The number of allylic oxidation sites excluding steroid dienone is 2. The number of carbonyl (C=O) groups excluding carboxylic acids is 3. The second kappa shape index (κ2) is 7.20. The fourth-order valence-corrected chi connectivity index (χ4v) is 6.16. The molecular weight excluding hydrogens is 420 g/mol. The Kier molecular flexibility index (Phi) is 4.37. The Morgan fingerprint density at radius 1 is 0.939 bits per heavy atom. The summed E-state index contributed by atoms with van der Waals surface area (Å²) in [7, 11) is 3.06. The van der Waals surface area contributed by atoms with Gasteiger partial charge in [0.2, 0.25) is 11.8 Å². The summed E-state index contributed by atoms with van der Waals surface area (Å²) >= 11 is 0. The van der Waals surface area contributed by atoms with Gasteiger partial charge in [-0.3, -0.25) is 14.4 Å². The Morgan fingerprint density at radius 3 is 2.24 bits per heavy atom. The van der Waals surface area contributed by atoms with E-state index in [4.69, 9.17) is 9.47 Å². The number of benzene rings is 2. The van der Waals surface area contributed by atoms with Crippen molar-refractivity contribution in [1.82, 2.24) is 0 Å². The number of hydrogen-bond donors (Lipinski definition) is 1. The fourth-order valence-electron chi connectivity index (χ4n) is 6.16. The van der Waals surface area contributed by atoms with E-state index in [1.165, 1.54) is 12.0 Å². The minimum absolute atomic E-state index is 0.133. The number of anilines is 2. The Hall–Kier alpha value is -3.61. The van der Waals surface area contributed by atoms with Crippen molar-refractivity contribution < 1.29 is 23.9 Å². The number of imide groups is 1. The minimum Gasteiger partial charge on any atom is -0.497 e. The molecule has 168 valence electrons. The van der Waals surface area contributed by atoms with E-state index in [9.17, 15) is 14.4 Å². The summed E-state index contributed by atoms with van der Waals surface area (Å²) in [4.78, 5) is 41.6. The molecule has 6 atom stereocenters. The predicted octanol–water partition coefficient (Wildman–Crippen LogP) is 3.51. The minimum atomic E-state index is -0.434. The number of nitrogens with zero attached hydrogens (tertiary/aromatic N) is 1. The first kappa shape index (κ1) is 20.0. The number of para-hydroxylation sites is 1. The van der Waals surface area contributed by atoms with Crippen LogP contribution < -0.4 is 19.7 Å². The van der Waals surface area contributed by atoms with Gasteiger partial charge >= 0.3 is 0 Å². The van der Waals surface area contributed by atoms with Crippen LogP contribution in [0.3, 0.4) is 0 Å². The second-order valence-corrected chi connectivity index (χ2v) is 9.20. The van der Waals surface area contributed by atoms with Crippen LogP contribution in [0, 0.1) is 35.5 Å². The summed E-state index contributed by atoms with van der Waals surface area (Å²) in [5, 5.41) is 2.85. The molecule has 33 heavy (non-hydrogen) atoms. The SMILES string of the molecule is COc1ccc(OC)c(NC(=O)c2ccccc2N2C(=O)[C@@H]3[C@@H]4C=C[C@H]([C@@H]5C[C@H]45)[C@H]3C2=O)c1. The first-order valence-corrected chi connectivity index (χ1v) is 11.2. The average molecular weight is 444 g/mol. The van der Waals surface area contributed by atoms with Crippen LogP contribution in [-0.2, 0) is 9.59 Å². The Morgan fingerprint density at radius 2 is 1.61 bits per heavy atom. The standard InChI is InChI=1S/C26H24N2O5/c1-32-13-7-10-21(33-2)19(11-13)27-24(29)16-5-3-4-6-20(16)28-25(30)22-14-8-9-15(18-12-17(14)18)23(22)26(28)31/h3-11,14-15,17-18,22-23H,12H2,1-2H3,(H,27,29)/t14-,15-,17-,18+,22-,23-/m1/s1. The molecule has 1 heterocycles. The topological polar surface area (TPSA) is 84.9 Å². The molecular formula is C26H24N2O5. The van der Waals surface area contributed by atoms with Gasteiger partial charge in [0.05, 0.1) is 43.0 Å². The lowest BCUT2D eigenvalue weighted by molar-refractivity contribution is -0.124. The van der Waals surface area contributed by atoms with E-state index in [1.54, 1.807) is 49.6 Å². The highest BCUT2D eigenvalue weighted by Crippen LogP contribution is 2.65. The summed E-state index contributed by atoms with van der Waals surface area (Å²) < 4.78 is 10.6. The summed E-state index contributed by atoms with van der Waals surface area (Å²) in [6.45, 7) is 0. The maximum absolute atomic E-state index is 13.5. The Bertz CT molecular complexity index is 1180. The summed E-state index contributed by atoms with van der Waals surface area (Å²) in [5.74, 6) is 0.921. The second-order valence-electron chi connectivity index (χ2n) is 9.20. The molecule has 2 aromatic rings. The van der Waals surface area contributed by atoms with Gasteiger partial charge in [-0.25, -0.2) is 4.90 Å². The van der Waals surface area contributed by atoms with Crippen LogP contribution in [0.4, 0.5) is 11.4 Å². The molecule has 1 saturated heterocycles. The molecule has 1 aliphatic heterocycles. The van der Waals surface area contributed by atoms with Gasteiger partial charge < -0.3 is 14.8 Å². The molecule has 0 spiro atoms. The lowest BCUT2D eigenvalue weighted by Gasteiger charge is -2.37. The van der Waals surface area contributed by atoms with E-state index in [0.29, 0.717) is 34.7 Å². The molecule has 3 amide bonds. The van der Waals surface area contributed by atoms with Gasteiger partial charge in [0, 0.05) is 6.07 Å². The van der Waals surface area contributed by atoms with Crippen LogP contribution in [-0.4, -0.2) is 31.9 Å². The molecule has 2 saturated carbocycles. The number of amides is 3. The third-order valence-electron chi connectivity index (χ3n) is 7.71. The Balaban J connectivity index is 1.34. The van der Waals surface area contributed by atoms with Crippen LogP contribution in [0.25, 0.3) is 0 Å². The summed E-state index contributed by atoms with van der Waals surface area (Å²) in [5.41, 5.74) is 1.02. The van der Waals surface area contributed by atoms with Gasteiger partial charge in [-0.2, -0.15) is 0 Å². The van der Waals surface area contributed by atoms with Crippen LogP contribution in [0.15, 0.2) is 54.6 Å². The largest absolute Gasteiger partial charge is 0.497 e. The molecule has 2 aromatic carbocycles. The first-order chi connectivity index (χ1) is 16.0. The lowest BCUT2D eigenvalue weighted by atomic mass is 9.63. The molecule has 7 heteroatoms. The van der Waals surface area contributed by atoms with E-state index in [1.807, 2.05) is 0 Å². The van der Waals surface area contributed by atoms with Gasteiger partial charge in [0.25, 0.3) is 5.91 Å². The van der Waals surface area contributed by atoms with Crippen molar-refractivity contribution in [2.75, 3.05) is 24.4 Å². The fraction of sp³-hybridized carbons (Fsp3) is 0.346. The van der Waals surface area contributed by atoms with E-state index in [2.05, 4.69) is 17.5 Å². The van der Waals surface area contributed by atoms with Gasteiger partial charge in [-0.1, -0.05) is 24.3 Å². The molecule has 0 unspecified atom stereocenters. The molecule has 1 N–H and O–H groups in total. The maximum atomic E-state index is 13.5. The molecule has 4 aliphatic carbocycles. The number of nitrogens with one attached hydrogen (secondary N) is 1. The zero-order valence-corrected chi connectivity index (χ0v) is 18.4. The first-order valence-electron chi connectivity index (χ1n) is 11.2. The quantitative estimate of drug-likeness (QED) is 0.564. The molecule has 5 aliphatic rings. The van der Waals surface area contributed by atoms with Gasteiger partial charge in [-0.05, 0) is 54.4 Å². The lowest BCUT2D eigenvalue weighted by Crippen LogP contribution is -2.40. The van der Waals surface area contributed by atoms with Crippen molar-refractivity contribution in [1.29, 1.82) is 0 Å². The zero-order valence-electron chi connectivity index (χ0n) is 18.4. The normalized spacial score (nSPS) is 30.7. The van der Waals surface area contributed by atoms with Crippen LogP contribution in [0.1, 0.15) is 16.8 Å². The van der Waals surface area contributed by atoms with Crippen LogP contribution >= 0.6 is 0 Å².